The number of pyridine rings is 1. The zero-order valence-corrected chi connectivity index (χ0v) is 21.5. The van der Waals surface area contributed by atoms with Crippen molar-refractivity contribution in [1.29, 1.82) is 0 Å². The molecular formula is C28H32F3N5O2. The number of alkyl halides is 3. The lowest BCUT2D eigenvalue weighted by atomic mass is 9.86. The summed E-state index contributed by atoms with van der Waals surface area (Å²) in [6.45, 7) is 6.23. The van der Waals surface area contributed by atoms with Crippen molar-refractivity contribution in [3.8, 4) is 0 Å². The number of nitrogens with zero attached hydrogens (tertiary/aromatic N) is 5. The quantitative estimate of drug-likeness (QED) is 0.433. The van der Waals surface area contributed by atoms with Crippen molar-refractivity contribution in [1.82, 2.24) is 24.6 Å². The number of fused-ring (bicyclic) bond motifs is 1. The molecule has 10 heteroatoms. The minimum atomic E-state index is -4.61. The summed E-state index contributed by atoms with van der Waals surface area (Å²) in [6, 6.07) is 8.57. The highest BCUT2D eigenvalue weighted by molar-refractivity contribution is 5.96. The van der Waals surface area contributed by atoms with Crippen LogP contribution in [-0.2, 0) is 23.9 Å². The standard InChI is InChI=1S/C28H32F3N5O2/c1-27(35-12-3-2-4-13-35)10-14-34(15-11-27)26(38)19-36-18-21-16-20(8-9-22(21)33-36)17-24(37)23-6-5-7-25(32-23)28(29,30)31/h5-9,16,18H,2-4,10-15,17,19H2,1H3. The van der Waals surface area contributed by atoms with E-state index in [4.69, 9.17) is 0 Å². The number of hydrogen-bond donors (Lipinski definition) is 0. The van der Waals surface area contributed by atoms with Gasteiger partial charge in [0.1, 0.15) is 17.9 Å². The Balaban J connectivity index is 1.20. The number of halogens is 3. The molecule has 2 aliphatic heterocycles. The van der Waals surface area contributed by atoms with Crippen molar-refractivity contribution >= 4 is 22.6 Å². The molecule has 2 aromatic heterocycles. The third-order valence-electron chi connectivity index (χ3n) is 7.92. The molecule has 2 saturated heterocycles. The SMILES string of the molecule is CC1(N2CCCCC2)CCN(C(=O)Cn2cc3cc(CC(=O)c4cccc(C(F)(F)F)n4)ccc3n2)CC1. The summed E-state index contributed by atoms with van der Waals surface area (Å²) in [5.74, 6) is -0.468. The topological polar surface area (TPSA) is 71.3 Å². The van der Waals surface area contributed by atoms with Crippen LogP contribution in [0.25, 0.3) is 10.9 Å². The van der Waals surface area contributed by atoms with Crippen LogP contribution in [0.1, 0.15) is 60.8 Å². The third kappa shape index (κ3) is 5.75. The summed E-state index contributed by atoms with van der Waals surface area (Å²) in [6.07, 6.45) is 2.83. The monoisotopic (exact) mass is 527 g/mol. The number of piperidine rings is 2. The van der Waals surface area contributed by atoms with E-state index in [0.29, 0.717) is 11.1 Å². The lowest BCUT2D eigenvalue weighted by molar-refractivity contribution is -0.141. The molecule has 0 saturated carbocycles. The molecule has 0 radical (unpaired) electrons. The highest BCUT2D eigenvalue weighted by Gasteiger charge is 2.37. The van der Waals surface area contributed by atoms with E-state index < -0.39 is 17.7 Å². The normalized spacial score (nSPS) is 18.6. The number of carbonyl (C=O) groups excluding carboxylic acids is 2. The molecule has 4 heterocycles. The van der Waals surface area contributed by atoms with Gasteiger partial charge >= 0.3 is 6.18 Å². The maximum Gasteiger partial charge on any atom is 0.433 e. The molecule has 0 aliphatic carbocycles. The molecule has 2 fully saturated rings. The molecule has 0 spiro atoms. The highest BCUT2D eigenvalue weighted by atomic mass is 19.4. The fourth-order valence-corrected chi connectivity index (χ4v) is 5.57. The van der Waals surface area contributed by atoms with Crippen LogP contribution in [0.4, 0.5) is 13.2 Å². The summed E-state index contributed by atoms with van der Waals surface area (Å²) >= 11 is 0. The molecular weight excluding hydrogens is 495 g/mol. The zero-order chi connectivity index (χ0) is 26.9. The molecule has 0 bridgehead atoms. The van der Waals surface area contributed by atoms with Gasteiger partial charge in [0.2, 0.25) is 5.91 Å². The number of rotatable bonds is 6. The van der Waals surface area contributed by atoms with Crippen molar-refractivity contribution in [2.45, 2.75) is 63.7 Å². The van der Waals surface area contributed by atoms with E-state index in [1.165, 1.54) is 31.4 Å². The van der Waals surface area contributed by atoms with E-state index in [2.05, 4.69) is 21.9 Å². The van der Waals surface area contributed by atoms with E-state index >= 15 is 0 Å². The maximum absolute atomic E-state index is 13.0. The molecule has 7 nitrogen and oxygen atoms in total. The average Bonchev–Trinajstić information content (AvgIpc) is 3.30. The molecule has 38 heavy (non-hydrogen) atoms. The van der Waals surface area contributed by atoms with E-state index in [0.717, 1.165) is 50.5 Å². The molecule has 0 unspecified atom stereocenters. The van der Waals surface area contributed by atoms with Crippen LogP contribution in [0.2, 0.25) is 0 Å². The summed E-state index contributed by atoms with van der Waals surface area (Å²) in [5.41, 5.74) is 0.173. The van der Waals surface area contributed by atoms with Crippen molar-refractivity contribution in [2.24, 2.45) is 0 Å². The molecule has 1 aromatic carbocycles. The van der Waals surface area contributed by atoms with Crippen LogP contribution >= 0.6 is 0 Å². The zero-order valence-electron chi connectivity index (χ0n) is 21.5. The molecule has 202 valence electrons. The first-order valence-electron chi connectivity index (χ1n) is 13.2. The van der Waals surface area contributed by atoms with Crippen molar-refractivity contribution in [2.75, 3.05) is 26.2 Å². The van der Waals surface area contributed by atoms with Gasteiger partial charge < -0.3 is 4.90 Å². The first-order valence-corrected chi connectivity index (χ1v) is 13.2. The lowest BCUT2D eigenvalue weighted by Gasteiger charge is -2.48. The van der Waals surface area contributed by atoms with E-state index in [1.807, 2.05) is 4.90 Å². The molecule has 0 N–H and O–H groups in total. The number of hydrogen-bond acceptors (Lipinski definition) is 5. The van der Waals surface area contributed by atoms with Crippen LogP contribution < -0.4 is 0 Å². The van der Waals surface area contributed by atoms with Crippen LogP contribution in [0.15, 0.2) is 42.6 Å². The predicted molar refractivity (Wildman–Crippen MR) is 137 cm³/mol. The van der Waals surface area contributed by atoms with E-state index in [-0.39, 0.29) is 30.1 Å². The number of likely N-dealkylation sites (tertiary alicyclic amines) is 2. The fourth-order valence-electron chi connectivity index (χ4n) is 5.57. The first-order chi connectivity index (χ1) is 18.1. The second kappa shape index (κ2) is 10.5. The lowest BCUT2D eigenvalue weighted by Crippen LogP contribution is -2.56. The second-order valence-corrected chi connectivity index (χ2v) is 10.7. The van der Waals surface area contributed by atoms with Gasteiger partial charge in [0.15, 0.2) is 5.78 Å². The Morgan fingerprint density at radius 2 is 1.74 bits per heavy atom. The largest absolute Gasteiger partial charge is 0.433 e. The third-order valence-corrected chi connectivity index (χ3v) is 7.92. The molecule has 2 aliphatic rings. The molecule has 5 rings (SSSR count). The van der Waals surface area contributed by atoms with Crippen molar-refractivity contribution < 1.29 is 22.8 Å². The Labute approximate surface area is 219 Å². The van der Waals surface area contributed by atoms with Gasteiger partial charge in [-0.1, -0.05) is 18.6 Å². The number of benzene rings is 1. The summed E-state index contributed by atoms with van der Waals surface area (Å²) in [4.78, 5) is 33.6. The van der Waals surface area contributed by atoms with Gasteiger partial charge in [-0.3, -0.25) is 19.2 Å². The van der Waals surface area contributed by atoms with Gasteiger partial charge in [0.05, 0.1) is 5.52 Å². The van der Waals surface area contributed by atoms with Gasteiger partial charge in [0.25, 0.3) is 0 Å². The van der Waals surface area contributed by atoms with Gasteiger partial charge in [-0.15, -0.1) is 0 Å². The average molecular weight is 528 g/mol. The molecule has 1 amide bonds. The van der Waals surface area contributed by atoms with E-state index in [1.54, 1.807) is 29.1 Å². The summed E-state index contributed by atoms with van der Waals surface area (Å²) in [5, 5.41) is 5.27. The Morgan fingerprint density at radius 1 is 1.00 bits per heavy atom. The van der Waals surface area contributed by atoms with Gasteiger partial charge in [-0.2, -0.15) is 18.3 Å². The van der Waals surface area contributed by atoms with Crippen molar-refractivity contribution in [3.63, 3.8) is 0 Å². The number of Topliss-reactive ketones (excluding diaryl/α,β-unsaturated/α-hetero) is 1. The van der Waals surface area contributed by atoms with Gasteiger partial charge in [-0.05, 0) is 75.5 Å². The Bertz CT molecular complexity index is 1320. The number of aromatic nitrogens is 3. The molecule has 3 aromatic rings. The van der Waals surface area contributed by atoms with Crippen LogP contribution in [0.3, 0.4) is 0 Å². The smallest absolute Gasteiger partial charge is 0.341 e. The van der Waals surface area contributed by atoms with Crippen LogP contribution in [0.5, 0.6) is 0 Å². The van der Waals surface area contributed by atoms with Gasteiger partial charge in [0, 0.05) is 36.6 Å². The summed E-state index contributed by atoms with van der Waals surface area (Å²) in [7, 11) is 0. The van der Waals surface area contributed by atoms with E-state index in [9.17, 15) is 22.8 Å². The number of carbonyl (C=O) groups is 2. The summed E-state index contributed by atoms with van der Waals surface area (Å²) < 4.78 is 40.4. The highest BCUT2D eigenvalue weighted by Crippen LogP contribution is 2.31. The van der Waals surface area contributed by atoms with Gasteiger partial charge in [-0.25, -0.2) is 4.98 Å². The minimum absolute atomic E-state index is 0.0320. The minimum Gasteiger partial charge on any atom is -0.341 e. The number of amides is 1. The fraction of sp³-hybridized carbons (Fsp3) is 0.500. The number of ketones is 1. The second-order valence-electron chi connectivity index (χ2n) is 10.7. The Morgan fingerprint density at radius 3 is 2.45 bits per heavy atom. The Kier molecular flexibility index (Phi) is 7.26. The molecule has 0 atom stereocenters. The van der Waals surface area contributed by atoms with Crippen LogP contribution in [-0.4, -0.2) is 68.0 Å². The first kappa shape index (κ1) is 26.3. The van der Waals surface area contributed by atoms with Crippen molar-refractivity contribution in [3.05, 3.63) is 59.5 Å². The maximum atomic E-state index is 13.0. The van der Waals surface area contributed by atoms with Crippen LogP contribution in [0, 0.1) is 0 Å². The predicted octanol–water partition coefficient (Wildman–Crippen LogP) is 4.74. The Hall–Kier alpha value is -3.27.